The van der Waals surface area contributed by atoms with Crippen molar-refractivity contribution in [3.63, 3.8) is 0 Å². The molecule has 5 nitrogen and oxygen atoms in total. The number of benzene rings is 2. The molecular formula is C18H23ClF2N2O3S. The molecule has 1 unspecified atom stereocenters. The average Bonchev–Trinajstić information content (AvgIpc) is 2.65. The number of piperidine rings is 1. The number of likely N-dealkylation sites (N-methyl/N-ethyl adjacent to an activating group) is 1. The molecule has 150 valence electrons. The van der Waals surface area contributed by atoms with Crippen LogP contribution in [0.4, 0.5) is 8.78 Å². The second kappa shape index (κ2) is 9.14. The van der Waals surface area contributed by atoms with Crippen molar-refractivity contribution in [2.45, 2.75) is 30.2 Å². The summed E-state index contributed by atoms with van der Waals surface area (Å²) in [5.74, 6) is 0.256. The maximum Gasteiger partial charge on any atom is 0.272 e. The number of nitrogens with one attached hydrogen (secondary N) is 1. The van der Waals surface area contributed by atoms with Gasteiger partial charge in [-0.25, -0.2) is 17.2 Å². The summed E-state index contributed by atoms with van der Waals surface area (Å²) < 4.78 is 57.9. The van der Waals surface area contributed by atoms with E-state index in [1.165, 1.54) is 16.4 Å². The van der Waals surface area contributed by atoms with Gasteiger partial charge in [0.1, 0.15) is 12.4 Å². The number of hydrogen-bond acceptors (Lipinski definition) is 4. The molecule has 0 bridgehead atoms. The highest BCUT2D eigenvalue weighted by atomic mass is 35.5. The number of halogens is 3. The second-order valence-electron chi connectivity index (χ2n) is 6.30. The van der Waals surface area contributed by atoms with Crippen molar-refractivity contribution < 1.29 is 21.9 Å². The summed E-state index contributed by atoms with van der Waals surface area (Å²) in [6.45, 7) is 0.154. The number of ether oxygens (including phenoxy) is 1. The van der Waals surface area contributed by atoms with Crippen molar-refractivity contribution in [1.29, 1.82) is 0 Å². The molecule has 0 radical (unpaired) electrons. The third kappa shape index (κ3) is 4.68. The Morgan fingerprint density at radius 1 is 1.22 bits per heavy atom. The van der Waals surface area contributed by atoms with Crippen LogP contribution in [0.3, 0.4) is 0 Å². The molecule has 1 atom stereocenters. The molecule has 2 aromatic rings. The fraction of sp³-hybridized carbons (Fsp3) is 0.444. The van der Waals surface area contributed by atoms with E-state index in [0.717, 1.165) is 12.8 Å². The lowest BCUT2D eigenvalue weighted by molar-refractivity contribution is 0.0826. The van der Waals surface area contributed by atoms with E-state index in [-0.39, 0.29) is 29.1 Å². The third-order valence-corrected chi connectivity index (χ3v) is 6.54. The van der Waals surface area contributed by atoms with Crippen LogP contribution in [0.1, 0.15) is 12.8 Å². The monoisotopic (exact) mass is 420 g/mol. The van der Waals surface area contributed by atoms with Gasteiger partial charge in [-0.05, 0) is 32.0 Å². The van der Waals surface area contributed by atoms with E-state index in [2.05, 4.69) is 5.32 Å². The Balaban J connectivity index is 0.00000261. The average molecular weight is 421 g/mol. The number of alkyl halides is 2. The largest absolute Gasteiger partial charge is 0.487 e. The van der Waals surface area contributed by atoms with Gasteiger partial charge in [-0.1, -0.05) is 24.3 Å². The fourth-order valence-electron chi connectivity index (χ4n) is 3.28. The highest BCUT2D eigenvalue weighted by Crippen LogP contribution is 2.33. The zero-order valence-corrected chi connectivity index (χ0v) is 16.5. The molecule has 1 fully saturated rings. The summed E-state index contributed by atoms with van der Waals surface area (Å²) in [7, 11) is -1.87. The van der Waals surface area contributed by atoms with Gasteiger partial charge < -0.3 is 10.1 Å². The van der Waals surface area contributed by atoms with Gasteiger partial charge in [0.15, 0.2) is 0 Å². The Hall–Kier alpha value is -1.48. The van der Waals surface area contributed by atoms with Crippen LogP contribution in [-0.4, -0.2) is 51.9 Å². The first-order valence-corrected chi connectivity index (χ1v) is 9.97. The summed E-state index contributed by atoms with van der Waals surface area (Å²) in [6.07, 6.45) is -0.869. The molecule has 3 rings (SSSR count). The molecule has 1 heterocycles. The minimum Gasteiger partial charge on any atom is -0.487 e. The molecule has 0 spiro atoms. The molecule has 0 amide bonds. The van der Waals surface area contributed by atoms with Crippen LogP contribution in [0.5, 0.6) is 5.75 Å². The predicted octanol–water partition coefficient (Wildman–Crippen LogP) is 3.28. The van der Waals surface area contributed by atoms with Crippen molar-refractivity contribution in [1.82, 2.24) is 9.62 Å². The van der Waals surface area contributed by atoms with E-state index in [9.17, 15) is 17.2 Å². The number of fused-ring (bicyclic) bond motifs is 1. The number of hydrogen-bond donors (Lipinski definition) is 1. The van der Waals surface area contributed by atoms with Crippen LogP contribution in [0.15, 0.2) is 41.3 Å². The predicted molar refractivity (Wildman–Crippen MR) is 104 cm³/mol. The van der Waals surface area contributed by atoms with Crippen molar-refractivity contribution in [2.24, 2.45) is 0 Å². The van der Waals surface area contributed by atoms with E-state index in [0.29, 0.717) is 23.9 Å². The molecule has 0 aromatic heterocycles. The molecule has 1 aliphatic rings. The molecule has 27 heavy (non-hydrogen) atoms. The molecule has 1 aliphatic heterocycles. The van der Waals surface area contributed by atoms with Crippen LogP contribution in [-0.2, 0) is 10.0 Å². The summed E-state index contributed by atoms with van der Waals surface area (Å²) >= 11 is 0. The topological polar surface area (TPSA) is 58.6 Å². The van der Waals surface area contributed by atoms with Crippen molar-refractivity contribution in [2.75, 3.05) is 26.7 Å². The van der Waals surface area contributed by atoms with Gasteiger partial charge in [0.25, 0.3) is 6.43 Å². The summed E-state index contributed by atoms with van der Waals surface area (Å²) in [4.78, 5) is 0.175. The van der Waals surface area contributed by atoms with Crippen molar-refractivity contribution in [3.8, 4) is 5.75 Å². The standard InChI is InChI=1S/C18H22F2N2O3S.ClH/c1-21-13-5-4-10-22(11-13)26(23,24)17-9-8-16(25-12-18(19)20)14-6-2-3-7-15(14)17;/h2-3,6-9,13,18,21H,4-5,10-12H2,1H3;1H. The summed E-state index contributed by atoms with van der Waals surface area (Å²) in [5, 5.41) is 4.12. The molecule has 1 N–H and O–H groups in total. The highest BCUT2D eigenvalue weighted by Gasteiger charge is 2.31. The quantitative estimate of drug-likeness (QED) is 0.779. The first-order chi connectivity index (χ1) is 12.4. The van der Waals surface area contributed by atoms with Gasteiger partial charge in [-0.2, -0.15) is 4.31 Å². The van der Waals surface area contributed by atoms with Gasteiger partial charge in [0.05, 0.1) is 4.90 Å². The Labute approximate surface area is 164 Å². The smallest absolute Gasteiger partial charge is 0.272 e. The van der Waals surface area contributed by atoms with E-state index in [1.54, 1.807) is 24.3 Å². The van der Waals surface area contributed by atoms with E-state index < -0.39 is 23.1 Å². The number of sulfonamides is 1. The maximum atomic E-state index is 13.2. The van der Waals surface area contributed by atoms with Gasteiger partial charge in [-0.15, -0.1) is 12.4 Å². The van der Waals surface area contributed by atoms with Crippen molar-refractivity contribution in [3.05, 3.63) is 36.4 Å². The summed E-state index contributed by atoms with van der Waals surface area (Å²) in [5.41, 5.74) is 0. The normalized spacial score (nSPS) is 18.4. The Bertz CT molecular complexity index is 880. The maximum absolute atomic E-state index is 13.2. The van der Waals surface area contributed by atoms with E-state index in [1.807, 2.05) is 7.05 Å². The zero-order chi connectivity index (χ0) is 18.7. The first-order valence-electron chi connectivity index (χ1n) is 8.53. The van der Waals surface area contributed by atoms with E-state index >= 15 is 0 Å². The van der Waals surface area contributed by atoms with Crippen molar-refractivity contribution >= 4 is 33.2 Å². The minimum atomic E-state index is -3.69. The number of nitrogens with zero attached hydrogens (tertiary/aromatic N) is 1. The Morgan fingerprint density at radius 2 is 1.93 bits per heavy atom. The molecule has 0 saturated carbocycles. The van der Waals surface area contributed by atoms with Gasteiger partial charge in [0, 0.05) is 29.9 Å². The first kappa shape index (κ1) is 21.8. The van der Waals surface area contributed by atoms with Gasteiger partial charge >= 0.3 is 0 Å². The second-order valence-corrected chi connectivity index (χ2v) is 8.21. The highest BCUT2D eigenvalue weighted by molar-refractivity contribution is 7.89. The molecule has 9 heteroatoms. The lowest BCUT2D eigenvalue weighted by Crippen LogP contribution is -2.46. The summed E-state index contributed by atoms with van der Waals surface area (Å²) in [6, 6.07) is 9.84. The van der Waals surface area contributed by atoms with Crippen LogP contribution in [0.25, 0.3) is 10.8 Å². The Kier molecular flexibility index (Phi) is 7.39. The lowest BCUT2D eigenvalue weighted by Gasteiger charge is -2.32. The van der Waals surface area contributed by atoms with E-state index in [4.69, 9.17) is 4.74 Å². The molecule has 2 aromatic carbocycles. The minimum absolute atomic E-state index is 0. The van der Waals surface area contributed by atoms with Gasteiger partial charge in [-0.3, -0.25) is 0 Å². The lowest BCUT2D eigenvalue weighted by atomic mass is 10.1. The fourth-order valence-corrected chi connectivity index (χ4v) is 5.00. The molecule has 1 saturated heterocycles. The molecule has 0 aliphatic carbocycles. The van der Waals surface area contributed by atoms with Crippen LogP contribution >= 0.6 is 12.4 Å². The SMILES string of the molecule is CNC1CCCN(S(=O)(=O)c2ccc(OCC(F)F)c3ccccc23)C1.Cl. The van der Waals surface area contributed by atoms with Crippen LogP contribution in [0, 0.1) is 0 Å². The van der Waals surface area contributed by atoms with Gasteiger partial charge in [0.2, 0.25) is 10.0 Å². The third-order valence-electron chi connectivity index (χ3n) is 4.62. The number of rotatable bonds is 6. The van der Waals surface area contributed by atoms with Crippen LogP contribution < -0.4 is 10.1 Å². The zero-order valence-electron chi connectivity index (χ0n) is 14.9. The van der Waals surface area contributed by atoms with Crippen LogP contribution in [0.2, 0.25) is 0 Å². The Morgan fingerprint density at radius 3 is 2.59 bits per heavy atom. The molecular weight excluding hydrogens is 398 g/mol.